The van der Waals surface area contributed by atoms with Crippen LogP contribution < -0.4 is 9.47 Å². The monoisotopic (exact) mass is 375 g/mol. The van der Waals surface area contributed by atoms with Crippen molar-refractivity contribution in [1.29, 1.82) is 0 Å². The number of amides is 1. The standard InChI is InChI=1S/C21H29NO5/c1-15(21(24)22(2)17-10-6-5-7-11-17)27-19(23)14-13-16-9-8-12-18(25-3)20(16)26-4/h8-9,12-15,17H,5-7,10-11H2,1-4H3/b14-13+/t15-/m1/s1. The number of ether oxygens (including phenoxy) is 3. The van der Waals surface area contributed by atoms with Crippen LogP contribution in [0.3, 0.4) is 0 Å². The van der Waals surface area contributed by atoms with E-state index >= 15 is 0 Å². The molecular weight excluding hydrogens is 346 g/mol. The van der Waals surface area contributed by atoms with Crippen molar-refractivity contribution in [1.82, 2.24) is 4.90 Å². The lowest BCUT2D eigenvalue weighted by molar-refractivity contribution is -0.156. The van der Waals surface area contributed by atoms with Crippen molar-refractivity contribution in [3.8, 4) is 11.5 Å². The zero-order valence-corrected chi connectivity index (χ0v) is 16.6. The minimum atomic E-state index is -0.818. The fourth-order valence-electron chi connectivity index (χ4n) is 3.40. The molecule has 1 aliphatic rings. The van der Waals surface area contributed by atoms with Crippen molar-refractivity contribution < 1.29 is 23.8 Å². The van der Waals surface area contributed by atoms with E-state index in [-0.39, 0.29) is 11.9 Å². The summed E-state index contributed by atoms with van der Waals surface area (Å²) in [5.74, 6) is 0.372. The molecule has 6 heteroatoms. The molecule has 2 rings (SSSR count). The van der Waals surface area contributed by atoms with Gasteiger partial charge in [0.05, 0.1) is 14.2 Å². The van der Waals surface area contributed by atoms with Gasteiger partial charge in [-0.25, -0.2) is 4.79 Å². The van der Waals surface area contributed by atoms with Crippen LogP contribution in [0, 0.1) is 0 Å². The van der Waals surface area contributed by atoms with Gasteiger partial charge in [0, 0.05) is 24.7 Å². The number of para-hydroxylation sites is 1. The molecule has 0 N–H and O–H groups in total. The lowest BCUT2D eigenvalue weighted by atomic mass is 9.94. The van der Waals surface area contributed by atoms with Crippen molar-refractivity contribution in [3.05, 3.63) is 29.8 Å². The van der Waals surface area contributed by atoms with Gasteiger partial charge >= 0.3 is 5.97 Å². The van der Waals surface area contributed by atoms with Crippen LogP contribution in [0.2, 0.25) is 0 Å². The molecule has 0 aliphatic heterocycles. The van der Waals surface area contributed by atoms with E-state index in [1.54, 1.807) is 50.3 Å². The molecule has 1 fully saturated rings. The maximum atomic E-state index is 12.5. The molecule has 0 unspecified atom stereocenters. The Hall–Kier alpha value is -2.50. The van der Waals surface area contributed by atoms with Crippen LogP contribution in [0.25, 0.3) is 6.08 Å². The third-order valence-corrected chi connectivity index (χ3v) is 4.94. The van der Waals surface area contributed by atoms with Crippen LogP contribution in [0.15, 0.2) is 24.3 Å². The number of esters is 1. The number of hydrogen-bond donors (Lipinski definition) is 0. The lowest BCUT2D eigenvalue weighted by Crippen LogP contribution is -2.44. The predicted octanol–water partition coefficient (Wildman–Crippen LogP) is 3.44. The Labute approximate surface area is 161 Å². The Morgan fingerprint density at radius 1 is 1.15 bits per heavy atom. The first-order valence-corrected chi connectivity index (χ1v) is 9.34. The summed E-state index contributed by atoms with van der Waals surface area (Å²) < 4.78 is 15.9. The number of carbonyl (C=O) groups is 2. The average Bonchev–Trinajstić information content (AvgIpc) is 2.71. The molecular formula is C21H29NO5. The molecule has 6 nitrogen and oxygen atoms in total. The minimum Gasteiger partial charge on any atom is -0.493 e. The third-order valence-electron chi connectivity index (χ3n) is 4.94. The number of rotatable bonds is 7. The fourth-order valence-corrected chi connectivity index (χ4v) is 3.40. The van der Waals surface area contributed by atoms with Crippen LogP contribution in [0.1, 0.15) is 44.6 Å². The van der Waals surface area contributed by atoms with Crippen molar-refractivity contribution in [2.75, 3.05) is 21.3 Å². The maximum absolute atomic E-state index is 12.5. The zero-order valence-electron chi connectivity index (χ0n) is 16.6. The molecule has 148 valence electrons. The van der Waals surface area contributed by atoms with E-state index in [4.69, 9.17) is 14.2 Å². The van der Waals surface area contributed by atoms with Gasteiger partial charge in [0.25, 0.3) is 5.91 Å². The van der Waals surface area contributed by atoms with Crippen LogP contribution in [0.5, 0.6) is 11.5 Å². The number of likely N-dealkylation sites (N-methyl/N-ethyl adjacent to an activating group) is 1. The van der Waals surface area contributed by atoms with Crippen LogP contribution in [-0.4, -0.2) is 50.2 Å². The van der Waals surface area contributed by atoms with Crippen LogP contribution in [0.4, 0.5) is 0 Å². The Balaban J connectivity index is 1.96. The fraction of sp³-hybridized carbons (Fsp3) is 0.524. The Kier molecular flexibility index (Phi) is 7.70. The molecule has 1 amide bonds. The predicted molar refractivity (Wildman–Crippen MR) is 104 cm³/mol. The van der Waals surface area contributed by atoms with Gasteiger partial charge in [0.1, 0.15) is 0 Å². The van der Waals surface area contributed by atoms with E-state index in [0.717, 1.165) is 25.7 Å². The Morgan fingerprint density at radius 3 is 2.48 bits per heavy atom. The SMILES string of the molecule is COc1cccc(/C=C/C(=O)O[C@H](C)C(=O)N(C)C2CCCCC2)c1OC. The average molecular weight is 375 g/mol. The quantitative estimate of drug-likeness (QED) is 0.540. The van der Waals surface area contributed by atoms with Gasteiger partial charge < -0.3 is 19.1 Å². The van der Waals surface area contributed by atoms with Gasteiger partial charge in [-0.3, -0.25) is 4.79 Å². The normalized spacial score (nSPS) is 16.0. The molecule has 1 aromatic carbocycles. The second kappa shape index (κ2) is 10.00. The molecule has 0 radical (unpaired) electrons. The third kappa shape index (κ3) is 5.49. The molecule has 0 heterocycles. The molecule has 1 atom stereocenters. The number of nitrogens with zero attached hydrogens (tertiary/aromatic N) is 1. The highest BCUT2D eigenvalue weighted by Crippen LogP contribution is 2.31. The van der Waals surface area contributed by atoms with Crippen LogP contribution >= 0.6 is 0 Å². The summed E-state index contributed by atoms with van der Waals surface area (Å²) in [6.45, 7) is 1.61. The molecule has 1 aromatic rings. The summed E-state index contributed by atoms with van der Waals surface area (Å²) in [7, 11) is 4.88. The number of hydrogen-bond acceptors (Lipinski definition) is 5. The summed E-state index contributed by atoms with van der Waals surface area (Å²) in [5.41, 5.74) is 0.687. The van der Waals surface area contributed by atoms with E-state index in [9.17, 15) is 9.59 Å². The maximum Gasteiger partial charge on any atom is 0.331 e. The van der Waals surface area contributed by atoms with Gasteiger partial charge in [-0.2, -0.15) is 0 Å². The van der Waals surface area contributed by atoms with Crippen molar-refractivity contribution in [2.45, 2.75) is 51.2 Å². The summed E-state index contributed by atoms with van der Waals surface area (Å²) in [6, 6.07) is 5.62. The summed E-state index contributed by atoms with van der Waals surface area (Å²) >= 11 is 0. The van der Waals surface area contributed by atoms with E-state index in [1.165, 1.54) is 19.6 Å². The van der Waals surface area contributed by atoms with Crippen LogP contribution in [-0.2, 0) is 14.3 Å². The van der Waals surface area contributed by atoms with Gasteiger partial charge in [-0.15, -0.1) is 0 Å². The van der Waals surface area contributed by atoms with E-state index in [1.807, 2.05) is 0 Å². The van der Waals surface area contributed by atoms with Gasteiger partial charge in [0.15, 0.2) is 17.6 Å². The van der Waals surface area contributed by atoms with Crippen molar-refractivity contribution >= 4 is 18.0 Å². The molecule has 1 aliphatic carbocycles. The van der Waals surface area contributed by atoms with E-state index < -0.39 is 12.1 Å². The highest BCUT2D eigenvalue weighted by atomic mass is 16.5. The molecule has 0 aromatic heterocycles. The van der Waals surface area contributed by atoms with Gasteiger partial charge in [0.2, 0.25) is 0 Å². The smallest absolute Gasteiger partial charge is 0.331 e. The first-order chi connectivity index (χ1) is 13.0. The van der Waals surface area contributed by atoms with E-state index in [0.29, 0.717) is 17.1 Å². The first kappa shape index (κ1) is 20.8. The summed E-state index contributed by atoms with van der Waals surface area (Å²) in [5, 5.41) is 0. The Bertz CT molecular complexity index is 679. The van der Waals surface area contributed by atoms with E-state index in [2.05, 4.69) is 0 Å². The highest BCUT2D eigenvalue weighted by molar-refractivity contribution is 5.90. The Morgan fingerprint density at radius 2 is 1.85 bits per heavy atom. The van der Waals surface area contributed by atoms with Gasteiger partial charge in [-0.1, -0.05) is 31.4 Å². The second-order valence-corrected chi connectivity index (χ2v) is 6.74. The van der Waals surface area contributed by atoms with Gasteiger partial charge in [-0.05, 0) is 31.9 Å². The lowest BCUT2D eigenvalue weighted by Gasteiger charge is -2.32. The largest absolute Gasteiger partial charge is 0.493 e. The topological polar surface area (TPSA) is 65.1 Å². The molecule has 0 bridgehead atoms. The second-order valence-electron chi connectivity index (χ2n) is 6.74. The molecule has 0 spiro atoms. The number of methoxy groups -OCH3 is 2. The minimum absolute atomic E-state index is 0.164. The molecule has 0 saturated heterocycles. The van der Waals surface area contributed by atoms with Crippen molar-refractivity contribution in [3.63, 3.8) is 0 Å². The number of benzene rings is 1. The summed E-state index contributed by atoms with van der Waals surface area (Å²) in [4.78, 5) is 26.4. The zero-order chi connectivity index (χ0) is 19.8. The van der Waals surface area contributed by atoms with Crippen molar-refractivity contribution in [2.24, 2.45) is 0 Å². The first-order valence-electron chi connectivity index (χ1n) is 9.34. The summed E-state index contributed by atoms with van der Waals surface area (Å²) in [6.07, 6.45) is 7.59. The highest BCUT2D eigenvalue weighted by Gasteiger charge is 2.27. The number of carbonyl (C=O) groups excluding carboxylic acids is 2. The molecule has 27 heavy (non-hydrogen) atoms. The molecule has 1 saturated carbocycles.